The Labute approximate surface area is 161 Å². The van der Waals surface area contributed by atoms with E-state index in [9.17, 15) is 16.8 Å². The highest BCUT2D eigenvalue weighted by atomic mass is 32.2. The molecule has 0 radical (unpaired) electrons. The van der Waals surface area contributed by atoms with Crippen molar-refractivity contribution in [2.45, 2.75) is 26.4 Å². The first-order chi connectivity index (χ1) is 12.6. The van der Waals surface area contributed by atoms with Gasteiger partial charge >= 0.3 is 10.1 Å². The molecular formula is C19H23NO5S2. The summed E-state index contributed by atoms with van der Waals surface area (Å²) in [6, 6.07) is 15.3. The molecule has 6 nitrogen and oxygen atoms in total. The van der Waals surface area contributed by atoms with E-state index in [-0.39, 0.29) is 18.3 Å². The summed E-state index contributed by atoms with van der Waals surface area (Å²) < 4.78 is 54.3. The molecule has 0 heterocycles. The van der Waals surface area contributed by atoms with Crippen molar-refractivity contribution in [1.82, 2.24) is 4.31 Å². The van der Waals surface area contributed by atoms with E-state index >= 15 is 0 Å². The monoisotopic (exact) mass is 409 g/mol. The number of nitrogens with zero attached hydrogens (tertiary/aromatic N) is 1. The quantitative estimate of drug-likeness (QED) is 0.625. The Morgan fingerprint density at radius 1 is 1.00 bits per heavy atom. The zero-order valence-corrected chi connectivity index (χ0v) is 17.1. The summed E-state index contributed by atoms with van der Waals surface area (Å²) in [6.07, 6.45) is 2.51. The highest BCUT2D eigenvalue weighted by Crippen LogP contribution is 2.20. The Balaban J connectivity index is 2.25. The van der Waals surface area contributed by atoms with Gasteiger partial charge in [-0.2, -0.15) is 12.7 Å². The predicted octanol–water partition coefficient (Wildman–Crippen LogP) is 3.24. The van der Waals surface area contributed by atoms with Crippen LogP contribution in [0.15, 0.2) is 60.0 Å². The molecule has 0 fully saturated rings. The minimum absolute atomic E-state index is 0.0973. The molecule has 0 aromatic heterocycles. The van der Waals surface area contributed by atoms with Gasteiger partial charge in [0.2, 0.25) is 10.0 Å². The van der Waals surface area contributed by atoms with Crippen molar-refractivity contribution in [1.29, 1.82) is 0 Å². The maximum absolute atomic E-state index is 12.8. The zero-order chi connectivity index (χ0) is 20.1. The van der Waals surface area contributed by atoms with Crippen LogP contribution in [-0.2, 0) is 26.7 Å². The Bertz CT molecular complexity index is 997. The van der Waals surface area contributed by atoms with Crippen LogP contribution >= 0.6 is 0 Å². The van der Waals surface area contributed by atoms with Crippen LogP contribution in [0.3, 0.4) is 0 Å². The van der Waals surface area contributed by atoms with E-state index in [0.717, 1.165) is 11.8 Å². The van der Waals surface area contributed by atoms with Crippen LogP contribution in [0.1, 0.15) is 25.0 Å². The molecule has 0 bridgehead atoms. The molecule has 8 heteroatoms. The Morgan fingerprint density at radius 3 is 2.26 bits per heavy atom. The van der Waals surface area contributed by atoms with Crippen molar-refractivity contribution in [3.8, 4) is 5.75 Å². The summed E-state index contributed by atoms with van der Waals surface area (Å²) in [7, 11) is -7.32. The Morgan fingerprint density at radius 2 is 1.67 bits per heavy atom. The maximum atomic E-state index is 12.8. The van der Waals surface area contributed by atoms with E-state index in [0.29, 0.717) is 5.56 Å². The van der Waals surface area contributed by atoms with Gasteiger partial charge in [-0.3, -0.25) is 0 Å². The molecule has 0 atom stereocenters. The van der Waals surface area contributed by atoms with Gasteiger partial charge in [0, 0.05) is 18.0 Å². The maximum Gasteiger partial charge on any atom is 0.306 e. The van der Waals surface area contributed by atoms with Gasteiger partial charge in [-0.25, -0.2) is 8.42 Å². The lowest BCUT2D eigenvalue weighted by molar-refractivity contribution is 0.352. The van der Waals surface area contributed by atoms with Crippen LogP contribution < -0.4 is 4.18 Å². The largest absolute Gasteiger partial charge is 0.383 e. The summed E-state index contributed by atoms with van der Waals surface area (Å²) in [5, 5.41) is 1.18. The van der Waals surface area contributed by atoms with Crippen LogP contribution in [0, 0.1) is 0 Å². The highest BCUT2D eigenvalue weighted by Gasteiger charge is 2.23. The fourth-order valence-corrected chi connectivity index (χ4v) is 4.28. The molecule has 0 N–H and O–H groups in total. The first kappa shape index (κ1) is 21.1. The molecular weight excluding hydrogens is 386 g/mol. The summed E-state index contributed by atoms with van der Waals surface area (Å²) in [4.78, 5) is 0. The van der Waals surface area contributed by atoms with Crippen LogP contribution in [0.4, 0.5) is 0 Å². The first-order valence-corrected chi connectivity index (χ1v) is 11.6. The Hall–Kier alpha value is -2.16. The van der Waals surface area contributed by atoms with Gasteiger partial charge in [-0.15, -0.1) is 0 Å². The molecule has 0 unspecified atom stereocenters. The zero-order valence-electron chi connectivity index (χ0n) is 15.4. The number of sulfonamides is 1. The molecule has 2 aromatic rings. The first-order valence-electron chi connectivity index (χ1n) is 8.30. The third kappa shape index (κ3) is 6.82. The number of hydrogen-bond donors (Lipinski definition) is 0. The van der Waals surface area contributed by atoms with Crippen molar-refractivity contribution < 1.29 is 21.0 Å². The normalized spacial score (nSPS) is 12.8. The highest BCUT2D eigenvalue weighted by molar-refractivity contribution is 7.92. The molecule has 0 amide bonds. The predicted molar refractivity (Wildman–Crippen MR) is 107 cm³/mol. The summed E-state index contributed by atoms with van der Waals surface area (Å²) >= 11 is 0. The number of rotatable bonds is 8. The molecule has 0 spiro atoms. The molecule has 0 saturated carbocycles. The molecule has 27 heavy (non-hydrogen) atoms. The molecule has 0 aliphatic carbocycles. The molecule has 0 aliphatic heterocycles. The van der Waals surface area contributed by atoms with Gasteiger partial charge in [-0.05, 0) is 43.2 Å². The minimum Gasteiger partial charge on any atom is -0.383 e. The number of benzene rings is 2. The second-order valence-corrected chi connectivity index (χ2v) is 9.68. The number of hydrogen-bond acceptors (Lipinski definition) is 5. The molecule has 0 aliphatic rings. The van der Waals surface area contributed by atoms with E-state index < -0.39 is 20.1 Å². The minimum atomic E-state index is -3.67. The Kier molecular flexibility index (Phi) is 6.80. The van der Waals surface area contributed by atoms with E-state index in [2.05, 4.69) is 0 Å². The van der Waals surface area contributed by atoms with Crippen LogP contribution in [0.5, 0.6) is 5.75 Å². The second-order valence-electron chi connectivity index (χ2n) is 6.33. The van der Waals surface area contributed by atoms with Gasteiger partial charge in [0.25, 0.3) is 0 Å². The van der Waals surface area contributed by atoms with Crippen LogP contribution in [0.2, 0.25) is 0 Å². The SMILES string of the molecule is CC(C)N(Cc1cccc(OS(C)(=O)=O)c1)S(=O)(=O)C=Cc1ccccc1. The third-order valence-electron chi connectivity index (χ3n) is 3.62. The molecule has 0 saturated heterocycles. The lowest BCUT2D eigenvalue weighted by Gasteiger charge is -2.24. The molecule has 2 aromatic carbocycles. The average Bonchev–Trinajstić information content (AvgIpc) is 2.57. The van der Waals surface area contributed by atoms with Crippen molar-refractivity contribution in [3.05, 3.63) is 71.1 Å². The van der Waals surface area contributed by atoms with Crippen LogP contribution in [0.25, 0.3) is 6.08 Å². The van der Waals surface area contributed by atoms with E-state index in [1.165, 1.54) is 21.8 Å². The van der Waals surface area contributed by atoms with Gasteiger partial charge < -0.3 is 4.18 Å². The van der Waals surface area contributed by atoms with E-state index in [4.69, 9.17) is 4.18 Å². The fraction of sp³-hybridized carbons (Fsp3) is 0.263. The van der Waals surface area contributed by atoms with E-state index in [1.54, 1.807) is 32.1 Å². The smallest absolute Gasteiger partial charge is 0.306 e. The standard InChI is InChI=1S/C19H23NO5S2/c1-16(2)20(27(23,24)13-12-17-8-5-4-6-9-17)15-18-10-7-11-19(14-18)25-26(3,21)22/h4-14,16H,15H2,1-3H3. The van der Waals surface area contributed by atoms with Crippen LogP contribution in [-0.4, -0.2) is 33.4 Å². The third-order valence-corrected chi connectivity index (χ3v) is 5.80. The van der Waals surface area contributed by atoms with Crippen molar-refractivity contribution in [3.63, 3.8) is 0 Å². The average molecular weight is 410 g/mol. The fourth-order valence-electron chi connectivity index (χ4n) is 2.42. The molecule has 2 rings (SSSR count). The van der Waals surface area contributed by atoms with Crippen molar-refractivity contribution in [2.24, 2.45) is 0 Å². The summed E-state index contributed by atoms with van der Waals surface area (Å²) in [5.74, 6) is 0.149. The van der Waals surface area contributed by atoms with Gasteiger partial charge in [0.1, 0.15) is 5.75 Å². The van der Waals surface area contributed by atoms with E-state index in [1.807, 2.05) is 30.3 Å². The van der Waals surface area contributed by atoms with Gasteiger partial charge in [-0.1, -0.05) is 42.5 Å². The van der Waals surface area contributed by atoms with Crippen molar-refractivity contribution in [2.75, 3.05) is 6.26 Å². The van der Waals surface area contributed by atoms with Gasteiger partial charge in [0.05, 0.1) is 6.26 Å². The lowest BCUT2D eigenvalue weighted by atomic mass is 10.2. The summed E-state index contributed by atoms with van der Waals surface area (Å²) in [5.41, 5.74) is 1.41. The van der Waals surface area contributed by atoms with Crippen molar-refractivity contribution >= 4 is 26.2 Å². The van der Waals surface area contributed by atoms with Gasteiger partial charge in [0.15, 0.2) is 0 Å². The molecule has 146 valence electrons. The topological polar surface area (TPSA) is 80.8 Å². The second kappa shape index (κ2) is 8.69. The lowest BCUT2D eigenvalue weighted by Crippen LogP contribution is -2.35. The summed E-state index contributed by atoms with van der Waals surface area (Å²) in [6.45, 7) is 3.66.